The van der Waals surface area contributed by atoms with Gasteiger partial charge in [0.15, 0.2) is 5.44 Å². The number of aromatic nitrogens is 2. The average Bonchev–Trinajstić information content (AvgIpc) is 2.05. The zero-order valence-corrected chi connectivity index (χ0v) is 7.36. The minimum absolute atomic E-state index is 0.388. The van der Waals surface area contributed by atoms with Gasteiger partial charge in [-0.1, -0.05) is 0 Å². The number of carbonyl (C=O) groups excluding carboxylic acids is 1. The van der Waals surface area contributed by atoms with E-state index < -0.39 is 5.44 Å². The van der Waals surface area contributed by atoms with Crippen LogP contribution in [0.5, 0.6) is 0 Å². The Morgan fingerprint density at radius 2 is 2.42 bits per heavy atom. The topological polar surface area (TPSA) is 52.1 Å². The molecule has 1 unspecified atom stereocenters. The van der Waals surface area contributed by atoms with E-state index in [4.69, 9.17) is 4.74 Å². The van der Waals surface area contributed by atoms with Crippen molar-refractivity contribution in [1.29, 1.82) is 0 Å². The quantitative estimate of drug-likeness (QED) is 0.422. The second kappa shape index (κ2) is 4.06. The monoisotopic (exact) mass is 184 g/mol. The molecule has 0 radical (unpaired) electrons. The lowest BCUT2D eigenvalue weighted by molar-refractivity contribution is -0.142. The van der Waals surface area contributed by atoms with Crippen molar-refractivity contribution >= 4 is 18.6 Å². The summed E-state index contributed by atoms with van der Waals surface area (Å²) >= 11 is 4.01. The molecule has 0 bridgehead atoms. The molecule has 12 heavy (non-hydrogen) atoms. The minimum Gasteiger partial charge on any atom is -0.445 e. The molecule has 0 aliphatic heterocycles. The molecular formula is C7H8N2O2S. The highest BCUT2D eigenvalue weighted by atomic mass is 32.1. The maximum Gasteiger partial charge on any atom is 0.304 e. The van der Waals surface area contributed by atoms with Crippen LogP contribution in [-0.4, -0.2) is 15.9 Å². The van der Waals surface area contributed by atoms with E-state index in [9.17, 15) is 4.79 Å². The summed E-state index contributed by atoms with van der Waals surface area (Å²) < 4.78 is 4.76. The zero-order chi connectivity index (χ0) is 8.97. The average molecular weight is 184 g/mol. The Kier molecular flexibility index (Phi) is 3.04. The Bertz CT molecular complexity index is 265. The number of ether oxygens (including phenoxy) is 1. The van der Waals surface area contributed by atoms with Crippen LogP contribution in [0, 0.1) is 0 Å². The maximum atomic E-state index is 10.5. The van der Waals surface area contributed by atoms with Crippen molar-refractivity contribution in [2.75, 3.05) is 0 Å². The van der Waals surface area contributed by atoms with Gasteiger partial charge < -0.3 is 4.74 Å². The van der Waals surface area contributed by atoms with Crippen LogP contribution in [0.1, 0.15) is 18.1 Å². The molecule has 5 heteroatoms. The highest BCUT2D eigenvalue weighted by Crippen LogP contribution is 2.17. The van der Waals surface area contributed by atoms with Crippen LogP contribution >= 0.6 is 12.6 Å². The lowest BCUT2D eigenvalue weighted by atomic mass is 10.5. The van der Waals surface area contributed by atoms with Crippen molar-refractivity contribution in [3.8, 4) is 0 Å². The summed E-state index contributed by atoms with van der Waals surface area (Å²) in [6, 6.07) is 0. The Labute approximate surface area is 75.4 Å². The van der Waals surface area contributed by atoms with Gasteiger partial charge in [-0.15, -0.1) is 12.6 Å². The van der Waals surface area contributed by atoms with Gasteiger partial charge in [-0.05, 0) is 0 Å². The van der Waals surface area contributed by atoms with E-state index in [2.05, 4.69) is 22.6 Å². The lowest BCUT2D eigenvalue weighted by Crippen LogP contribution is -2.04. The summed E-state index contributed by atoms with van der Waals surface area (Å²) in [6.45, 7) is 1.32. The number of nitrogens with zero attached hydrogens (tertiary/aromatic N) is 2. The van der Waals surface area contributed by atoms with Gasteiger partial charge in [0.1, 0.15) is 5.69 Å². The molecule has 1 aromatic heterocycles. The van der Waals surface area contributed by atoms with Gasteiger partial charge in [-0.3, -0.25) is 14.8 Å². The van der Waals surface area contributed by atoms with Gasteiger partial charge in [0.05, 0.1) is 6.20 Å². The van der Waals surface area contributed by atoms with Gasteiger partial charge >= 0.3 is 5.97 Å². The van der Waals surface area contributed by atoms with Gasteiger partial charge in [0.25, 0.3) is 0 Å². The van der Waals surface area contributed by atoms with E-state index in [0.29, 0.717) is 5.69 Å². The number of rotatable bonds is 2. The van der Waals surface area contributed by atoms with E-state index in [1.54, 1.807) is 0 Å². The Balaban J connectivity index is 2.65. The second-order valence-corrected chi connectivity index (χ2v) is 2.56. The van der Waals surface area contributed by atoms with Crippen LogP contribution in [0.25, 0.3) is 0 Å². The van der Waals surface area contributed by atoms with Crippen LogP contribution in [0.4, 0.5) is 0 Å². The summed E-state index contributed by atoms with van der Waals surface area (Å²) in [5.41, 5.74) is -0.104. The van der Waals surface area contributed by atoms with Crippen LogP contribution in [0.15, 0.2) is 18.6 Å². The van der Waals surface area contributed by atoms with Crippen LogP contribution in [0.2, 0.25) is 0 Å². The van der Waals surface area contributed by atoms with Crippen LogP contribution in [0.3, 0.4) is 0 Å². The molecule has 0 aliphatic carbocycles. The molecule has 0 aromatic carbocycles. The first-order chi connectivity index (χ1) is 5.70. The van der Waals surface area contributed by atoms with Crippen LogP contribution < -0.4 is 0 Å². The third kappa shape index (κ3) is 2.50. The minimum atomic E-state index is -0.629. The van der Waals surface area contributed by atoms with E-state index in [1.165, 1.54) is 25.5 Å². The molecule has 1 atom stereocenters. The summed E-state index contributed by atoms with van der Waals surface area (Å²) in [6.07, 6.45) is 4.56. The van der Waals surface area contributed by atoms with Crippen molar-refractivity contribution in [2.24, 2.45) is 0 Å². The fraction of sp³-hybridized carbons (Fsp3) is 0.286. The first kappa shape index (κ1) is 8.99. The second-order valence-electron chi connectivity index (χ2n) is 2.09. The van der Waals surface area contributed by atoms with Gasteiger partial charge in [-0.2, -0.15) is 0 Å². The Morgan fingerprint density at radius 3 is 2.92 bits per heavy atom. The fourth-order valence-corrected chi connectivity index (χ4v) is 0.937. The van der Waals surface area contributed by atoms with Gasteiger partial charge in [0.2, 0.25) is 0 Å². The molecule has 4 nitrogen and oxygen atoms in total. The molecule has 1 aromatic rings. The third-order valence-corrected chi connectivity index (χ3v) is 1.48. The summed E-state index contributed by atoms with van der Waals surface area (Å²) in [5.74, 6) is -0.388. The number of carbonyl (C=O) groups is 1. The van der Waals surface area contributed by atoms with E-state index >= 15 is 0 Å². The van der Waals surface area contributed by atoms with Crippen molar-refractivity contribution < 1.29 is 9.53 Å². The van der Waals surface area contributed by atoms with Gasteiger partial charge in [-0.25, -0.2) is 0 Å². The van der Waals surface area contributed by atoms with Crippen molar-refractivity contribution in [2.45, 2.75) is 12.4 Å². The summed E-state index contributed by atoms with van der Waals surface area (Å²) in [7, 11) is 0. The summed E-state index contributed by atoms with van der Waals surface area (Å²) in [5, 5.41) is 0. The molecule has 0 spiro atoms. The predicted octanol–water partition coefficient (Wildman–Crippen LogP) is 0.968. The maximum absolute atomic E-state index is 10.5. The normalized spacial score (nSPS) is 12.2. The fourth-order valence-electron chi connectivity index (χ4n) is 0.656. The number of esters is 1. The molecule has 64 valence electrons. The van der Waals surface area contributed by atoms with Crippen LogP contribution in [-0.2, 0) is 9.53 Å². The molecule has 0 amide bonds. The highest BCUT2D eigenvalue weighted by molar-refractivity contribution is 7.80. The van der Waals surface area contributed by atoms with E-state index in [0.717, 1.165) is 0 Å². The van der Waals surface area contributed by atoms with Crippen molar-refractivity contribution in [1.82, 2.24) is 9.97 Å². The number of thiol groups is 1. The molecule has 0 fully saturated rings. The van der Waals surface area contributed by atoms with E-state index in [1.807, 2.05) is 0 Å². The highest BCUT2D eigenvalue weighted by Gasteiger charge is 2.09. The first-order valence-electron chi connectivity index (χ1n) is 3.31. The van der Waals surface area contributed by atoms with Gasteiger partial charge in [0, 0.05) is 19.3 Å². The predicted molar refractivity (Wildman–Crippen MR) is 45.5 cm³/mol. The molecule has 0 N–H and O–H groups in total. The van der Waals surface area contributed by atoms with E-state index in [-0.39, 0.29) is 5.97 Å². The molecule has 0 saturated carbocycles. The molecule has 0 saturated heterocycles. The lowest BCUT2D eigenvalue weighted by Gasteiger charge is -2.08. The third-order valence-electron chi connectivity index (χ3n) is 1.11. The van der Waals surface area contributed by atoms with Crippen molar-refractivity contribution in [3.63, 3.8) is 0 Å². The first-order valence-corrected chi connectivity index (χ1v) is 3.83. The van der Waals surface area contributed by atoms with Crippen molar-refractivity contribution in [3.05, 3.63) is 24.3 Å². The Hall–Kier alpha value is -1.10. The molecule has 1 rings (SSSR count). The number of hydrogen-bond donors (Lipinski definition) is 1. The molecule has 0 aliphatic rings. The Morgan fingerprint density at radius 1 is 1.67 bits per heavy atom. The zero-order valence-electron chi connectivity index (χ0n) is 6.47. The molecular weight excluding hydrogens is 176 g/mol. The molecule has 1 heterocycles. The largest absolute Gasteiger partial charge is 0.445 e. The SMILES string of the molecule is CC(=O)OC(S)c1cnccn1. The smallest absolute Gasteiger partial charge is 0.304 e. The number of hydrogen-bond acceptors (Lipinski definition) is 5. The standard InChI is InChI=1S/C7H8N2O2S/c1-5(10)11-7(12)6-4-8-2-3-9-6/h2-4,7,12H,1H3. The summed E-state index contributed by atoms with van der Waals surface area (Å²) in [4.78, 5) is 18.2.